The topological polar surface area (TPSA) is 58.5 Å². The number of rotatable bonds is 13. The Morgan fingerprint density at radius 1 is 1.00 bits per heavy atom. The van der Waals surface area contributed by atoms with Crippen LogP contribution in [0.15, 0.2) is 64.8 Å². The molecule has 0 aromatic heterocycles. The summed E-state index contributed by atoms with van der Waals surface area (Å²) >= 11 is 0. The number of Topliss-reactive ketones (excluding diaryl/α,β-unsaturated/α-hetero) is 2. The molecule has 1 N–H and O–H groups in total. The van der Waals surface area contributed by atoms with E-state index in [0.717, 1.165) is 49.1 Å². The average molecular weight is 601 g/mol. The summed E-state index contributed by atoms with van der Waals surface area (Å²) in [6.45, 7) is 13.3. The molecule has 0 spiro atoms. The number of alkyl halides is 2. The number of hydrogen-bond donors (Lipinski definition) is 1. The molecule has 0 saturated heterocycles. The molecule has 0 fully saturated rings. The second-order valence-corrected chi connectivity index (χ2v) is 11.3. The Balaban J connectivity index is 0.000000699. The van der Waals surface area contributed by atoms with E-state index in [0.29, 0.717) is 36.9 Å². The number of benzene rings is 1. The van der Waals surface area contributed by atoms with Crippen molar-refractivity contribution >= 4 is 17.3 Å². The molecule has 0 radical (unpaired) electrons. The van der Waals surface area contributed by atoms with Crippen LogP contribution in [0.2, 0.25) is 0 Å². The molecule has 6 heteroatoms. The SMILES string of the molecule is CCC(=O)Cc1ccc(CC2=CC3C=CC=C3C(C)=N2)cc1.CCCC(CC)C(C)=O.CCCCC(F)(F)CC.CNC. The number of fused-ring (bicyclic) bond motifs is 1. The van der Waals surface area contributed by atoms with Crippen LogP contribution in [0.5, 0.6) is 0 Å². The molecule has 1 aliphatic carbocycles. The minimum atomic E-state index is -2.41. The molecule has 2 aliphatic rings. The number of halogens is 2. The number of nitrogens with zero attached hydrogens (tertiary/aromatic N) is 1. The quantitative estimate of drug-likeness (QED) is 0.245. The minimum Gasteiger partial charge on any atom is -0.323 e. The maximum atomic E-state index is 12.3. The molecular weight excluding hydrogens is 542 g/mol. The Morgan fingerprint density at radius 2 is 1.60 bits per heavy atom. The molecule has 1 aromatic carbocycles. The molecule has 0 bridgehead atoms. The van der Waals surface area contributed by atoms with Gasteiger partial charge in [-0.05, 0) is 63.9 Å². The predicted molar refractivity (Wildman–Crippen MR) is 180 cm³/mol. The van der Waals surface area contributed by atoms with Gasteiger partial charge in [-0.25, -0.2) is 8.78 Å². The van der Waals surface area contributed by atoms with Crippen LogP contribution in [-0.2, 0) is 22.4 Å². The van der Waals surface area contributed by atoms with Gasteiger partial charge in [0, 0.05) is 55.3 Å². The molecule has 242 valence electrons. The van der Waals surface area contributed by atoms with E-state index in [9.17, 15) is 18.4 Å². The lowest BCUT2D eigenvalue weighted by molar-refractivity contribution is -0.121. The summed E-state index contributed by atoms with van der Waals surface area (Å²) in [6, 6.07) is 8.34. The van der Waals surface area contributed by atoms with Crippen molar-refractivity contribution in [2.24, 2.45) is 16.8 Å². The Hall–Kier alpha value is -2.73. The fourth-order valence-corrected chi connectivity index (χ4v) is 4.62. The van der Waals surface area contributed by atoms with Gasteiger partial charge in [-0.15, -0.1) is 0 Å². The Kier molecular flexibility index (Phi) is 21.3. The normalized spacial score (nSPS) is 15.6. The largest absolute Gasteiger partial charge is 0.323 e. The van der Waals surface area contributed by atoms with Gasteiger partial charge in [0.05, 0.1) is 0 Å². The number of carbonyl (C=O) groups is 2. The molecule has 4 nitrogen and oxygen atoms in total. The van der Waals surface area contributed by atoms with E-state index in [4.69, 9.17) is 4.99 Å². The average Bonchev–Trinajstić information content (AvgIpc) is 3.46. The second kappa shape index (κ2) is 22.8. The molecule has 1 aromatic rings. The standard InChI is InChI=1S/C20H21NO.C8H16O.C7H14F2.C2H7N/c1-3-19(22)12-16-9-7-15(8-10-16)11-18-13-17-5-4-6-20(17)14(2)21-18;1-4-6-8(5-2)7(3)9;1-3-5-6-7(8,9)4-2;1-3-2/h4-10,13,17H,3,11-12H2,1-2H3;8H,4-6H2,1-3H3;3-6H2,1-2H3;3H,1-2H3. The third kappa shape index (κ3) is 17.2. The monoisotopic (exact) mass is 600 g/mol. The van der Waals surface area contributed by atoms with E-state index in [1.54, 1.807) is 6.92 Å². The van der Waals surface area contributed by atoms with Gasteiger partial charge in [-0.2, -0.15) is 0 Å². The highest BCUT2D eigenvalue weighted by Crippen LogP contribution is 2.29. The van der Waals surface area contributed by atoms with Gasteiger partial charge in [0.1, 0.15) is 11.6 Å². The maximum Gasteiger partial charge on any atom is 0.247 e. The van der Waals surface area contributed by atoms with Crippen LogP contribution < -0.4 is 5.32 Å². The fraction of sp³-hybridized carbons (Fsp3) is 0.595. The van der Waals surface area contributed by atoms with Gasteiger partial charge in [-0.3, -0.25) is 14.6 Å². The van der Waals surface area contributed by atoms with E-state index in [-0.39, 0.29) is 18.6 Å². The molecule has 2 unspecified atom stereocenters. The molecule has 0 saturated carbocycles. The van der Waals surface area contributed by atoms with E-state index in [1.807, 2.05) is 27.9 Å². The number of ketones is 2. The lowest BCUT2D eigenvalue weighted by Gasteiger charge is -2.17. The van der Waals surface area contributed by atoms with Gasteiger partial charge >= 0.3 is 0 Å². The summed E-state index contributed by atoms with van der Waals surface area (Å²) in [5.74, 6) is -1.05. The van der Waals surface area contributed by atoms with Gasteiger partial charge in [-0.1, -0.05) is 96.0 Å². The van der Waals surface area contributed by atoms with Crippen molar-refractivity contribution in [2.45, 2.75) is 119 Å². The van der Waals surface area contributed by atoms with E-state index in [1.165, 1.54) is 18.1 Å². The van der Waals surface area contributed by atoms with Gasteiger partial charge in [0.25, 0.3) is 0 Å². The second-order valence-electron chi connectivity index (χ2n) is 11.3. The zero-order valence-corrected chi connectivity index (χ0v) is 28.4. The van der Waals surface area contributed by atoms with Crippen LogP contribution in [0.3, 0.4) is 0 Å². The van der Waals surface area contributed by atoms with Crippen molar-refractivity contribution in [1.29, 1.82) is 0 Å². The summed E-state index contributed by atoms with van der Waals surface area (Å²) in [5, 5.41) is 2.75. The summed E-state index contributed by atoms with van der Waals surface area (Å²) in [5.41, 5.74) is 5.90. The Morgan fingerprint density at radius 3 is 2.07 bits per heavy atom. The third-order valence-corrected chi connectivity index (χ3v) is 7.38. The highest BCUT2D eigenvalue weighted by molar-refractivity contribution is 6.01. The van der Waals surface area contributed by atoms with Crippen molar-refractivity contribution in [3.8, 4) is 0 Å². The van der Waals surface area contributed by atoms with Gasteiger partial charge < -0.3 is 5.32 Å². The first-order chi connectivity index (χ1) is 20.4. The van der Waals surface area contributed by atoms with Gasteiger partial charge in [0.2, 0.25) is 5.92 Å². The number of carbonyl (C=O) groups excluding carboxylic acids is 2. The molecule has 43 heavy (non-hydrogen) atoms. The van der Waals surface area contributed by atoms with Crippen LogP contribution in [0.4, 0.5) is 8.78 Å². The van der Waals surface area contributed by atoms with Gasteiger partial charge in [0.15, 0.2) is 0 Å². The van der Waals surface area contributed by atoms with Crippen molar-refractivity contribution in [3.63, 3.8) is 0 Å². The summed E-state index contributed by atoms with van der Waals surface area (Å²) in [6.07, 6.45) is 15.4. The third-order valence-electron chi connectivity index (χ3n) is 7.38. The minimum absolute atomic E-state index is 0.0208. The first-order valence-electron chi connectivity index (χ1n) is 16.1. The molecule has 0 amide bonds. The highest BCUT2D eigenvalue weighted by atomic mass is 19.3. The number of nitrogens with one attached hydrogen (secondary N) is 1. The smallest absolute Gasteiger partial charge is 0.247 e. The molecule has 1 aliphatic heterocycles. The van der Waals surface area contributed by atoms with Crippen molar-refractivity contribution < 1.29 is 18.4 Å². The van der Waals surface area contributed by atoms with Crippen LogP contribution in [0.1, 0.15) is 111 Å². The molecule has 3 rings (SSSR count). The molecule has 1 heterocycles. The first-order valence-corrected chi connectivity index (χ1v) is 16.1. The number of aliphatic imine (C=N–C) groups is 1. The lowest BCUT2D eigenvalue weighted by atomic mass is 9.93. The van der Waals surface area contributed by atoms with Crippen LogP contribution in [0.25, 0.3) is 0 Å². The highest BCUT2D eigenvalue weighted by Gasteiger charge is 2.24. The number of hydrogen-bond acceptors (Lipinski definition) is 4. The molecular formula is C37H58F2N2O2. The molecule has 2 atom stereocenters. The summed E-state index contributed by atoms with van der Waals surface area (Å²) in [7, 11) is 3.75. The van der Waals surface area contributed by atoms with Crippen LogP contribution in [-0.4, -0.2) is 37.3 Å². The Bertz CT molecular complexity index is 1070. The van der Waals surface area contributed by atoms with Crippen molar-refractivity contribution in [3.05, 3.63) is 71.0 Å². The van der Waals surface area contributed by atoms with Crippen molar-refractivity contribution in [2.75, 3.05) is 14.1 Å². The fourth-order valence-electron chi connectivity index (χ4n) is 4.62. The summed E-state index contributed by atoms with van der Waals surface area (Å²) in [4.78, 5) is 27.0. The predicted octanol–water partition coefficient (Wildman–Crippen LogP) is 9.68. The zero-order chi connectivity index (χ0) is 32.8. The van der Waals surface area contributed by atoms with E-state index >= 15 is 0 Å². The van der Waals surface area contributed by atoms with Crippen LogP contribution in [0, 0.1) is 11.8 Å². The number of allylic oxidation sites excluding steroid dienone is 6. The van der Waals surface area contributed by atoms with E-state index in [2.05, 4.69) is 74.7 Å². The summed E-state index contributed by atoms with van der Waals surface area (Å²) < 4.78 is 24.7. The lowest BCUT2D eigenvalue weighted by Crippen LogP contribution is -2.13. The number of unbranched alkanes of at least 4 members (excludes halogenated alkanes) is 1. The van der Waals surface area contributed by atoms with Crippen LogP contribution >= 0.6 is 0 Å². The van der Waals surface area contributed by atoms with Crippen molar-refractivity contribution in [1.82, 2.24) is 5.32 Å². The maximum absolute atomic E-state index is 12.3. The zero-order valence-electron chi connectivity index (χ0n) is 28.4. The first kappa shape index (κ1) is 40.3. The Labute approximate surface area is 261 Å². The van der Waals surface area contributed by atoms with E-state index < -0.39 is 5.92 Å².